The highest BCUT2D eigenvalue weighted by Crippen LogP contribution is 2.32. The molecule has 1 unspecified atom stereocenters. The number of ether oxygens (including phenoxy) is 1. The zero-order valence-electron chi connectivity index (χ0n) is 8.44. The SMILES string of the molecule is CC(CO)c1ccccc1OC1CC1. The maximum atomic E-state index is 9.11. The van der Waals surface area contributed by atoms with Crippen LogP contribution in [-0.4, -0.2) is 17.8 Å². The van der Waals surface area contributed by atoms with Gasteiger partial charge in [0, 0.05) is 12.5 Å². The van der Waals surface area contributed by atoms with E-state index in [1.54, 1.807) is 0 Å². The Bertz CT molecular complexity index is 305. The van der Waals surface area contributed by atoms with Crippen LogP contribution in [0.4, 0.5) is 0 Å². The van der Waals surface area contributed by atoms with Crippen molar-refractivity contribution in [2.24, 2.45) is 0 Å². The Morgan fingerprint density at radius 2 is 2.14 bits per heavy atom. The molecule has 1 aliphatic rings. The van der Waals surface area contributed by atoms with E-state index in [1.807, 2.05) is 31.2 Å². The summed E-state index contributed by atoms with van der Waals surface area (Å²) in [4.78, 5) is 0. The quantitative estimate of drug-likeness (QED) is 0.793. The number of rotatable bonds is 4. The van der Waals surface area contributed by atoms with Crippen molar-refractivity contribution in [2.75, 3.05) is 6.61 Å². The summed E-state index contributed by atoms with van der Waals surface area (Å²) in [5.41, 5.74) is 1.11. The molecule has 0 radical (unpaired) electrons. The Balaban J connectivity index is 2.18. The van der Waals surface area contributed by atoms with Gasteiger partial charge in [-0.1, -0.05) is 25.1 Å². The molecule has 2 nitrogen and oxygen atoms in total. The molecule has 0 heterocycles. The number of aliphatic hydroxyl groups is 1. The lowest BCUT2D eigenvalue weighted by atomic mass is 10.0. The van der Waals surface area contributed by atoms with Crippen LogP contribution in [0.3, 0.4) is 0 Å². The smallest absolute Gasteiger partial charge is 0.123 e. The Morgan fingerprint density at radius 1 is 1.43 bits per heavy atom. The molecule has 1 N–H and O–H groups in total. The summed E-state index contributed by atoms with van der Waals surface area (Å²) in [6.45, 7) is 2.18. The molecule has 2 heteroatoms. The van der Waals surface area contributed by atoms with E-state index in [1.165, 1.54) is 12.8 Å². The van der Waals surface area contributed by atoms with E-state index in [2.05, 4.69) is 0 Å². The van der Waals surface area contributed by atoms with Gasteiger partial charge >= 0.3 is 0 Å². The van der Waals surface area contributed by atoms with Crippen LogP contribution in [0.1, 0.15) is 31.2 Å². The minimum atomic E-state index is 0.157. The van der Waals surface area contributed by atoms with E-state index in [9.17, 15) is 0 Å². The maximum Gasteiger partial charge on any atom is 0.123 e. The van der Waals surface area contributed by atoms with Crippen LogP contribution in [-0.2, 0) is 0 Å². The number of aliphatic hydroxyl groups excluding tert-OH is 1. The third-order valence-electron chi connectivity index (χ3n) is 2.54. The molecule has 1 saturated carbocycles. The summed E-state index contributed by atoms with van der Waals surface area (Å²) in [6, 6.07) is 7.98. The monoisotopic (exact) mass is 192 g/mol. The minimum absolute atomic E-state index is 0.157. The van der Waals surface area contributed by atoms with E-state index in [0.29, 0.717) is 6.10 Å². The van der Waals surface area contributed by atoms with Crippen molar-refractivity contribution in [2.45, 2.75) is 31.8 Å². The summed E-state index contributed by atoms with van der Waals surface area (Å²) in [5, 5.41) is 9.11. The molecule has 1 aromatic carbocycles. The van der Waals surface area contributed by atoms with Crippen LogP contribution in [0.15, 0.2) is 24.3 Å². The molecule has 1 aliphatic carbocycles. The lowest BCUT2D eigenvalue weighted by Crippen LogP contribution is -2.04. The average Bonchev–Trinajstić information content (AvgIpc) is 3.01. The van der Waals surface area contributed by atoms with E-state index >= 15 is 0 Å². The fourth-order valence-corrected chi connectivity index (χ4v) is 1.46. The van der Waals surface area contributed by atoms with Gasteiger partial charge in [0.2, 0.25) is 0 Å². The molecule has 0 bridgehead atoms. The summed E-state index contributed by atoms with van der Waals surface area (Å²) in [7, 11) is 0. The number of para-hydroxylation sites is 1. The molecule has 14 heavy (non-hydrogen) atoms. The highest BCUT2D eigenvalue weighted by atomic mass is 16.5. The molecular formula is C12H16O2. The molecule has 2 rings (SSSR count). The minimum Gasteiger partial charge on any atom is -0.490 e. The van der Waals surface area contributed by atoms with Gasteiger partial charge in [-0.15, -0.1) is 0 Å². The first-order valence-corrected chi connectivity index (χ1v) is 5.17. The standard InChI is InChI=1S/C12H16O2/c1-9(8-13)11-4-2-3-5-12(11)14-10-6-7-10/h2-5,9-10,13H,6-8H2,1H3. The molecule has 1 fully saturated rings. The van der Waals surface area contributed by atoms with Crippen LogP contribution >= 0.6 is 0 Å². The number of hydrogen-bond donors (Lipinski definition) is 1. The van der Waals surface area contributed by atoms with Crippen LogP contribution in [0.25, 0.3) is 0 Å². The number of benzene rings is 1. The van der Waals surface area contributed by atoms with Gasteiger partial charge in [-0.3, -0.25) is 0 Å². The Labute approximate surface area is 84.5 Å². The van der Waals surface area contributed by atoms with Gasteiger partial charge in [0.25, 0.3) is 0 Å². The molecular weight excluding hydrogens is 176 g/mol. The molecule has 1 aromatic rings. The molecule has 1 atom stereocenters. The second kappa shape index (κ2) is 4.01. The van der Waals surface area contributed by atoms with Crippen molar-refractivity contribution < 1.29 is 9.84 Å². The first-order chi connectivity index (χ1) is 6.81. The molecule has 0 aromatic heterocycles. The summed E-state index contributed by atoms with van der Waals surface area (Å²) in [5.74, 6) is 1.10. The van der Waals surface area contributed by atoms with Gasteiger partial charge < -0.3 is 9.84 Å². The Morgan fingerprint density at radius 3 is 2.79 bits per heavy atom. The molecule has 0 aliphatic heterocycles. The van der Waals surface area contributed by atoms with Crippen molar-refractivity contribution in [3.05, 3.63) is 29.8 Å². The van der Waals surface area contributed by atoms with E-state index in [4.69, 9.17) is 9.84 Å². The van der Waals surface area contributed by atoms with Crippen molar-refractivity contribution in [1.82, 2.24) is 0 Å². The van der Waals surface area contributed by atoms with Crippen molar-refractivity contribution in [3.63, 3.8) is 0 Å². The second-order valence-electron chi connectivity index (χ2n) is 3.94. The van der Waals surface area contributed by atoms with E-state index in [-0.39, 0.29) is 12.5 Å². The first kappa shape index (κ1) is 9.53. The molecule has 76 valence electrons. The zero-order chi connectivity index (χ0) is 9.97. The average molecular weight is 192 g/mol. The predicted molar refractivity (Wildman–Crippen MR) is 55.6 cm³/mol. The first-order valence-electron chi connectivity index (χ1n) is 5.17. The lowest BCUT2D eigenvalue weighted by molar-refractivity contribution is 0.261. The van der Waals surface area contributed by atoms with E-state index in [0.717, 1.165) is 11.3 Å². The van der Waals surface area contributed by atoms with Gasteiger partial charge in [0.05, 0.1) is 6.10 Å². The second-order valence-corrected chi connectivity index (χ2v) is 3.94. The van der Waals surface area contributed by atoms with Gasteiger partial charge in [0.15, 0.2) is 0 Å². The fraction of sp³-hybridized carbons (Fsp3) is 0.500. The highest BCUT2D eigenvalue weighted by molar-refractivity contribution is 5.36. The lowest BCUT2D eigenvalue weighted by Gasteiger charge is -2.14. The third kappa shape index (κ3) is 2.07. The van der Waals surface area contributed by atoms with E-state index < -0.39 is 0 Å². The van der Waals surface area contributed by atoms with Crippen LogP contribution in [0.5, 0.6) is 5.75 Å². The van der Waals surface area contributed by atoms with Gasteiger partial charge in [-0.2, -0.15) is 0 Å². The summed E-state index contributed by atoms with van der Waals surface area (Å²) < 4.78 is 5.77. The van der Waals surface area contributed by atoms with Gasteiger partial charge in [-0.25, -0.2) is 0 Å². The third-order valence-corrected chi connectivity index (χ3v) is 2.54. The zero-order valence-corrected chi connectivity index (χ0v) is 8.44. The van der Waals surface area contributed by atoms with Crippen molar-refractivity contribution >= 4 is 0 Å². The van der Waals surface area contributed by atoms with Crippen LogP contribution in [0.2, 0.25) is 0 Å². The van der Waals surface area contributed by atoms with Gasteiger partial charge in [0.1, 0.15) is 5.75 Å². The molecule has 0 saturated heterocycles. The Hall–Kier alpha value is -1.02. The fourth-order valence-electron chi connectivity index (χ4n) is 1.46. The maximum absolute atomic E-state index is 9.11. The van der Waals surface area contributed by atoms with Crippen molar-refractivity contribution in [1.29, 1.82) is 0 Å². The van der Waals surface area contributed by atoms with Crippen molar-refractivity contribution in [3.8, 4) is 5.75 Å². The normalized spacial score (nSPS) is 17.9. The van der Waals surface area contributed by atoms with Crippen LogP contribution in [0, 0.1) is 0 Å². The highest BCUT2D eigenvalue weighted by Gasteiger charge is 2.24. The molecule has 0 spiro atoms. The predicted octanol–water partition coefficient (Wildman–Crippen LogP) is 2.32. The number of hydrogen-bond acceptors (Lipinski definition) is 2. The Kier molecular flexibility index (Phi) is 2.73. The summed E-state index contributed by atoms with van der Waals surface area (Å²) >= 11 is 0. The topological polar surface area (TPSA) is 29.5 Å². The van der Waals surface area contributed by atoms with Crippen LogP contribution < -0.4 is 4.74 Å². The molecule has 0 amide bonds. The largest absolute Gasteiger partial charge is 0.490 e. The van der Waals surface area contributed by atoms with Gasteiger partial charge in [-0.05, 0) is 24.5 Å². The summed E-state index contributed by atoms with van der Waals surface area (Å²) in [6.07, 6.45) is 2.76.